The molecular formula is C21H17NO3S. The average Bonchev–Trinajstić information content (AvgIpc) is 2.99. The number of aromatic hydroxyl groups is 1. The lowest BCUT2D eigenvalue weighted by molar-refractivity contribution is 0.415. The summed E-state index contributed by atoms with van der Waals surface area (Å²) in [6, 6.07) is 17.0. The van der Waals surface area contributed by atoms with E-state index in [9.17, 15) is 9.90 Å². The number of hydrogen-bond donors (Lipinski definition) is 2. The highest BCUT2D eigenvalue weighted by Crippen LogP contribution is 2.44. The molecule has 0 spiro atoms. The van der Waals surface area contributed by atoms with E-state index in [0.29, 0.717) is 21.5 Å². The zero-order chi connectivity index (χ0) is 18.3. The molecule has 2 aromatic heterocycles. The van der Waals surface area contributed by atoms with Crippen molar-refractivity contribution in [1.82, 2.24) is 4.98 Å². The second-order valence-corrected chi connectivity index (χ2v) is 7.23. The molecule has 2 heterocycles. The molecule has 0 atom stereocenters. The van der Waals surface area contributed by atoms with Gasteiger partial charge in [0.05, 0.1) is 18.1 Å². The number of aromatic amines is 1. The van der Waals surface area contributed by atoms with E-state index in [-0.39, 0.29) is 16.9 Å². The first-order valence-corrected chi connectivity index (χ1v) is 9.00. The third-order valence-electron chi connectivity index (χ3n) is 4.45. The van der Waals surface area contributed by atoms with Gasteiger partial charge in [0.2, 0.25) is 0 Å². The Morgan fingerprint density at radius 1 is 0.962 bits per heavy atom. The van der Waals surface area contributed by atoms with Crippen LogP contribution in [0.15, 0.2) is 59.4 Å². The molecule has 0 aliphatic rings. The third-order valence-corrected chi connectivity index (χ3v) is 5.47. The van der Waals surface area contributed by atoms with Gasteiger partial charge >= 0.3 is 0 Å². The van der Waals surface area contributed by atoms with Crippen LogP contribution in [-0.4, -0.2) is 17.2 Å². The van der Waals surface area contributed by atoms with Crippen LogP contribution in [0.5, 0.6) is 11.5 Å². The van der Waals surface area contributed by atoms with Crippen LogP contribution in [-0.2, 0) is 0 Å². The van der Waals surface area contributed by atoms with Crippen molar-refractivity contribution in [2.24, 2.45) is 0 Å². The number of aromatic nitrogens is 1. The fraction of sp³-hybridized carbons (Fsp3) is 0.0952. The first-order valence-electron chi connectivity index (χ1n) is 8.18. The molecule has 4 nitrogen and oxygen atoms in total. The van der Waals surface area contributed by atoms with Crippen LogP contribution in [0.25, 0.3) is 32.5 Å². The minimum Gasteiger partial charge on any atom is -0.506 e. The highest BCUT2D eigenvalue weighted by atomic mass is 32.1. The van der Waals surface area contributed by atoms with E-state index in [0.717, 1.165) is 16.0 Å². The van der Waals surface area contributed by atoms with Gasteiger partial charge in [0, 0.05) is 10.4 Å². The van der Waals surface area contributed by atoms with Crippen LogP contribution >= 0.6 is 11.3 Å². The second kappa shape index (κ2) is 6.35. The molecule has 0 amide bonds. The molecule has 2 N–H and O–H groups in total. The number of pyridine rings is 1. The predicted octanol–water partition coefficient (Wildman–Crippen LogP) is 4.95. The van der Waals surface area contributed by atoms with E-state index < -0.39 is 0 Å². The maximum absolute atomic E-state index is 12.6. The molecular weight excluding hydrogens is 346 g/mol. The van der Waals surface area contributed by atoms with Gasteiger partial charge in [-0.1, -0.05) is 42.5 Å². The Morgan fingerprint density at radius 2 is 1.62 bits per heavy atom. The summed E-state index contributed by atoms with van der Waals surface area (Å²) in [5.41, 5.74) is 2.58. The number of aryl methyl sites for hydroxylation is 1. The van der Waals surface area contributed by atoms with Gasteiger partial charge in [0.25, 0.3) is 5.56 Å². The van der Waals surface area contributed by atoms with Gasteiger partial charge in [0.1, 0.15) is 16.3 Å². The number of ether oxygens (including phenoxy) is 1. The monoisotopic (exact) mass is 363 g/mol. The van der Waals surface area contributed by atoms with Crippen LogP contribution in [0.4, 0.5) is 0 Å². The molecule has 0 fully saturated rings. The number of H-pyrrole nitrogens is 1. The molecule has 0 saturated carbocycles. The van der Waals surface area contributed by atoms with Crippen LogP contribution in [0, 0.1) is 6.92 Å². The molecule has 0 bridgehead atoms. The van der Waals surface area contributed by atoms with Crippen molar-refractivity contribution >= 4 is 21.6 Å². The Bertz CT molecular complexity index is 1140. The third kappa shape index (κ3) is 2.57. The summed E-state index contributed by atoms with van der Waals surface area (Å²) >= 11 is 1.48. The number of methoxy groups -OCH3 is 1. The number of benzene rings is 2. The molecule has 0 aliphatic heterocycles. The summed E-state index contributed by atoms with van der Waals surface area (Å²) in [6.07, 6.45) is 0. The smallest absolute Gasteiger partial charge is 0.260 e. The van der Waals surface area contributed by atoms with Gasteiger partial charge in [-0.3, -0.25) is 4.79 Å². The van der Waals surface area contributed by atoms with E-state index >= 15 is 0 Å². The molecule has 0 radical (unpaired) electrons. The highest BCUT2D eigenvalue weighted by molar-refractivity contribution is 7.19. The van der Waals surface area contributed by atoms with E-state index in [1.807, 2.05) is 37.3 Å². The number of fused-ring (bicyclic) bond motifs is 1. The summed E-state index contributed by atoms with van der Waals surface area (Å²) in [7, 11) is 1.59. The Hall–Kier alpha value is -3.05. The summed E-state index contributed by atoms with van der Waals surface area (Å²) in [4.78, 5) is 17.3. The van der Waals surface area contributed by atoms with Crippen molar-refractivity contribution in [3.05, 3.63) is 69.8 Å². The van der Waals surface area contributed by atoms with Crippen molar-refractivity contribution < 1.29 is 9.84 Å². The van der Waals surface area contributed by atoms with Crippen LogP contribution in [0.2, 0.25) is 0 Å². The zero-order valence-electron chi connectivity index (χ0n) is 14.4. The molecule has 0 unspecified atom stereocenters. The van der Waals surface area contributed by atoms with E-state index in [4.69, 9.17) is 4.74 Å². The van der Waals surface area contributed by atoms with Gasteiger partial charge in [0.15, 0.2) is 0 Å². The van der Waals surface area contributed by atoms with Crippen molar-refractivity contribution in [2.45, 2.75) is 6.92 Å². The predicted molar refractivity (Wildman–Crippen MR) is 106 cm³/mol. The minimum atomic E-state index is -0.305. The Kier molecular flexibility index (Phi) is 4.01. The molecule has 0 saturated heterocycles. The van der Waals surface area contributed by atoms with Gasteiger partial charge in [-0.05, 0) is 30.2 Å². The SMILES string of the molecule is COc1ccc(-c2c(O)c3c(-c4ccccc4)c(C)sc3[nH]c2=O)cc1. The number of hydrogen-bond acceptors (Lipinski definition) is 4. The standard InChI is InChI=1S/C21H17NO3S/c1-12-16(13-6-4-3-5-7-13)18-19(23)17(20(24)22-21(18)26-12)14-8-10-15(25-2)11-9-14/h3-11H,1-2H3,(H2,22,23,24). The first kappa shape index (κ1) is 16.4. The molecule has 2 aromatic carbocycles. The molecule has 5 heteroatoms. The summed E-state index contributed by atoms with van der Waals surface area (Å²) < 4.78 is 5.17. The van der Waals surface area contributed by atoms with Gasteiger partial charge in [-0.15, -0.1) is 11.3 Å². The fourth-order valence-electron chi connectivity index (χ4n) is 3.23. The average molecular weight is 363 g/mol. The van der Waals surface area contributed by atoms with Gasteiger partial charge in [-0.25, -0.2) is 0 Å². The summed E-state index contributed by atoms with van der Waals surface area (Å²) in [6.45, 7) is 2.00. The maximum Gasteiger partial charge on any atom is 0.260 e. The number of rotatable bonds is 3. The van der Waals surface area contributed by atoms with Crippen molar-refractivity contribution in [3.8, 4) is 33.8 Å². The van der Waals surface area contributed by atoms with Crippen LogP contribution in [0.1, 0.15) is 4.88 Å². The van der Waals surface area contributed by atoms with Gasteiger partial charge in [-0.2, -0.15) is 0 Å². The molecule has 4 aromatic rings. The van der Waals surface area contributed by atoms with E-state index in [1.165, 1.54) is 11.3 Å². The maximum atomic E-state index is 12.6. The lowest BCUT2D eigenvalue weighted by atomic mass is 9.99. The summed E-state index contributed by atoms with van der Waals surface area (Å²) in [5.74, 6) is 0.708. The van der Waals surface area contributed by atoms with E-state index in [1.54, 1.807) is 31.4 Å². The second-order valence-electron chi connectivity index (χ2n) is 6.01. The topological polar surface area (TPSA) is 62.3 Å². The van der Waals surface area contributed by atoms with Gasteiger partial charge < -0.3 is 14.8 Å². The highest BCUT2D eigenvalue weighted by Gasteiger charge is 2.20. The lowest BCUT2D eigenvalue weighted by Gasteiger charge is -2.08. The molecule has 130 valence electrons. The largest absolute Gasteiger partial charge is 0.506 e. The number of nitrogens with one attached hydrogen (secondary N) is 1. The molecule has 26 heavy (non-hydrogen) atoms. The van der Waals surface area contributed by atoms with Crippen molar-refractivity contribution in [3.63, 3.8) is 0 Å². The van der Waals surface area contributed by atoms with Crippen LogP contribution < -0.4 is 10.3 Å². The normalized spacial score (nSPS) is 11.0. The van der Waals surface area contributed by atoms with Crippen molar-refractivity contribution in [1.29, 1.82) is 0 Å². The van der Waals surface area contributed by atoms with E-state index in [2.05, 4.69) is 4.98 Å². The Balaban J connectivity index is 2.02. The first-order chi connectivity index (χ1) is 12.6. The lowest BCUT2D eigenvalue weighted by Crippen LogP contribution is -2.08. The Morgan fingerprint density at radius 3 is 2.27 bits per heavy atom. The molecule has 4 rings (SSSR count). The van der Waals surface area contributed by atoms with Crippen molar-refractivity contribution in [2.75, 3.05) is 7.11 Å². The Labute approximate surface area is 154 Å². The fourth-order valence-corrected chi connectivity index (χ4v) is 4.31. The quantitative estimate of drug-likeness (QED) is 0.541. The summed E-state index contributed by atoms with van der Waals surface area (Å²) in [5, 5.41) is 11.7. The zero-order valence-corrected chi connectivity index (χ0v) is 15.2. The number of thiophene rings is 1. The van der Waals surface area contributed by atoms with Crippen LogP contribution in [0.3, 0.4) is 0 Å². The minimum absolute atomic E-state index is 0.0112. The molecule has 0 aliphatic carbocycles.